The van der Waals surface area contributed by atoms with Gasteiger partial charge in [-0.3, -0.25) is 4.79 Å². The number of Topliss-reactive ketones (excluding diaryl/α,β-unsaturated/α-hetero) is 1. The summed E-state index contributed by atoms with van der Waals surface area (Å²) >= 11 is 1.11. The summed E-state index contributed by atoms with van der Waals surface area (Å²) in [5.74, 6) is -0.140. The van der Waals surface area contributed by atoms with Gasteiger partial charge < -0.3 is 11.1 Å². The standard InChI is InChI=1S/C11H18N2O3S2/c1-5-7(14)9-8(12)10(18(4,15)16)11(17-9)13-6(2)3/h6,13H,5,12H2,1-4H3. The molecule has 0 unspecified atom stereocenters. The van der Waals surface area contributed by atoms with Gasteiger partial charge >= 0.3 is 0 Å². The van der Waals surface area contributed by atoms with Crippen LogP contribution in [-0.4, -0.2) is 26.5 Å². The van der Waals surface area contributed by atoms with Crippen molar-refractivity contribution in [2.24, 2.45) is 0 Å². The molecule has 0 radical (unpaired) electrons. The lowest BCUT2D eigenvalue weighted by Crippen LogP contribution is -2.12. The number of nitrogen functional groups attached to an aromatic ring is 1. The predicted octanol–water partition coefficient (Wildman–Crippen LogP) is 2.15. The highest BCUT2D eigenvalue weighted by Crippen LogP contribution is 2.40. The topological polar surface area (TPSA) is 89.3 Å². The number of hydrogen-bond acceptors (Lipinski definition) is 6. The van der Waals surface area contributed by atoms with Gasteiger partial charge in [0.25, 0.3) is 0 Å². The van der Waals surface area contributed by atoms with Crippen LogP contribution in [0.4, 0.5) is 10.7 Å². The first-order chi connectivity index (χ1) is 8.18. The molecule has 3 N–H and O–H groups in total. The fourth-order valence-electron chi connectivity index (χ4n) is 1.52. The van der Waals surface area contributed by atoms with Crippen LogP contribution in [0.3, 0.4) is 0 Å². The lowest BCUT2D eigenvalue weighted by atomic mass is 10.2. The van der Waals surface area contributed by atoms with Crippen LogP contribution in [0.25, 0.3) is 0 Å². The van der Waals surface area contributed by atoms with Crippen LogP contribution in [0, 0.1) is 0 Å². The smallest absolute Gasteiger partial charge is 0.180 e. The van der Waals surface area contributed by atoms with Gasteiger partial charge in [-0.05, 0) is 13.8 Å². The van der Waals surface area contributed by atoms with Gasteiger partial charge in [0.2, 0.25) is 0 Å². The number of anilines is 2. The molecule has 0 spiro atoms. The number of nitrogens with one attached hydrogen (secondary N) is 1. The highest BCUT2D eigenvalue weighted by atomic mass is 32.2. The Balaban J connectivity index is 3.46. The Morgan fingerprint density at radius 3 is 2.39 bits per heavy atom. The van der Waals surface area contributed by atoms with Gasteiger partial charge in [0, 0.05) is 18.7 Å². The van der Waals surface area contributed by atoms with Crippen LogP contribution < -0.4 is 11.1 Å². The monoisotopic (exact) mass is 290 g/mol. The average molecular weight is 290 g/mol. The average Bonchev–Trinajstić information content (AvgIpc) is 2.52. The zero-order valence-electron chi connectivity index (χ0n) is 10.9. The summed E-state index contributed by atoms with van der Waals surface area (Å²) in [4.78, 5) is 12.1. The lowest BCUT2D eigenvalue weighted by molar-refractivity contribution is 0.0992. The van der Waals surface area contributed by atoms with E-state index in [-0.39, 0.29) is 22.4 Å². The van der Waals surface area contributed by atoms with Gasteiger partial charge in [0.1, 0.15) is 9.90 Å². The van der Waals surface area contributed by atoms with Crippen LogP contribution in [0.15, 0.2) is 4.90 Å². The zero-order valence-corrected chi connectivity index (χ0v) is 12.5. The molecule has 5 nitrogen and oxygen atoms in total. The molecular formula is C11H18N2O3S2. The second-order valence-electron chi connectivity index (χ2n) is 4.35. The van der Waals surface area contributed by atoms with Crippen molar-refractivity contribution >= 4 is 37.6 Å². The lowest BCUT2D eigenvalue weighted by Gasteiger charge is -2.09. The molecule has 1 heterocycles. The van der Waals surface area contributed by atoms with E-state index in [1.54, 1.807) is 6.92 Å². The molecule has 18 heavy (non-hydrogen) atoms. The van der Waals surface area contributed by atoms with Crippen LogP contribution in [-0.2, 0) is 9.84 Å². The van der Waals surface area contributed by atoms with E-state index in [0.29, 0.717) is 16.3 Å². The molecule has 1 aromatic rings. The van der Waals surface area contributed by atoms with Gasteiger partial charge in [-0.1, -0.05) is 6.92 Å². The maximum atomic E-state index is 11.8. The third-order valence-electron chi connectivity index (χ3n) is 2.26. The van der Waals surface area contributed by atoms with E-state index < -0.39 is 9.84 Å². The van der Waals surface area contributed by atoms with E-state index in [4.69, 9.17) is 5.73 Å². The molecule has 0 bridgehead atoms. The summed E-state index contributed by atoms with van der Waals surface area (Å²) in [6, 6.07) is 0.0631. The summed E-state index contributed by atoms with van der Waals surface area (Å²) < 4.78 is 23.5. The first-order valence-corrected chi connectivity index (χ1v) is 8.31. The zero-order chi connectivity index (χ0) is 14.1. The maximum Gasteiger partial charge on any atom is 0.180 e. The molecule has 102 valence electrons. The van der Waals surface area contributed by atoms with Crippen molar-refractivity contribution in [1.29, 1.82) is 0 Å². The molecule has 0 aromatic carbocycles. The quantitative estimate of drug-likeness (QED) is 0.811. The molecule has 0 aliphatic rings. The number of rotatable bonds is 5. The number of nitrogens with two attached hydrogens (primary N) is 1. The summed E-state index contributed by atoms with van der Waals surface area (Å²) in [7, 11) is -3.46. The Morgan fingerprint density at radius 2 is 2.00 bits per heavy atom. The van der Waals surface area contributed by atoms with Crippen LogP contribution in [0.5, 0.6) is 0 Å². The first kappa shape index (κ1) is 15.0. The molecule has 0 aliphatic heterocycles. The molecule has 0 amide bonds. The minimum Gasteiger partial charge on any atom is -0.396 e. The van der Waals surface area contributed by atoms with Gasteiger partial charge in [0.05, 0.1) is 10.6 Å². The Labute approximate surface area is 111 Å². The minimum absolute atomic E-state index is 0.0398. The first-order valence-electron chi connectivity index (χ1n) is 5.60. The van der Waals surface area contributed by atoms with Gasteiger partial charge in [-0.2, -0.15) is 0 Å². The van der Waals surface area contributed by atoms with Crippen LogP contribution in [0.1, 0.15) is 36.9 Å². The van der Waals surface area contributed by atoms with Crippen molar-refractivity contribution in [2.75, 3.05) is 17.3 Å². The summed E-state index contributed by atoms with van der Waals surface area (Å²) in [6.07, 6.45) is 1.39. The van der Waals surface area contributed by atoms with E-state index in [2.05, 4.69) is 5.32 Å². The molecule has 0 atom stereocenters. The van der Waals surface area contributed by atoms with E-state index >= 15 is 0 Å². The number of sulfone groups is 1. The fourth-order valence-corrected chi connectivity index (χ4v) is 4.23. The van der Waals surface area contributed by atoms with Crippen LogP contribution >= 0.6 is 11.3 Å². The van der Waals surface area contributed by atoms with Gasteiger partial charge in [0.15, 0.2) is 15.6 Å². The van der Waals surface area contributed by atoms with E-state index in [1.807, 2.05) is 13.8 Å². The van der Waals surface area contributed by atoms with Crippen LogP contribution in [0.2, 0.25) is 0 Å². The second-order valence-corrected chi connectivity index (χ2v) is 7.32. The summed E-state index contributed by atoms with van der Waals surface area (Å²) in [6.45, 7) is 5.50. The van der Waals surface area contributed by atoms with E-state index in [9.17, 15) is 13.2 Å². The maximum absolute atomic E-state index is 11.8. The highest BCUT2D eigenvalue weighted by Gasteiger charge is 2.26. The second kappa shape index (κ2) is 5.27. The number of carbonyl (C=O) groups is 1. The molecule has 0 aliphatic carbocycles. The molecule has 1 aromatic heterocycles. The van der Waals surface area contributed by atoms with E-state index in [0.717, 1.165) is 17.6 Å². The van der Waals surface area contributed by atoms with Crippen molar-refractivity contribution in [2.45, 2.75) is 38.1 Å². The Bertz CT molecular complexity index is 559. The minimum atomic E-state index is -3.46. The molecule has 0 saturated heterocycles. The number of thiophene rings is 1. The van der Waals surface area contributed by atoms with Crippen molar-refractivity contribution in [1.82, 2.24) is 0 Å². The van der Waals surface area contributed by atoms with Crippen molar-refractivity contribution < 1.29 is 13.2 Å². The Kier molecular flexibility index (Phi) is 4.39. The molecule has 7 heteroatoms. The van der Waals surface area contributed by atoms with Gasteiger partial charge in [-0.25, -0.2) is 8.42 Å². The summed E-state index contributed by atoms with van der Waals surface area (Å²) in [5, 5.41) is 3.47. The number of ketones is 1. The van der Waals surface area contributed by atoms with Gasteiger partial charge in [-0.15, -0.1) is 11.3 Å². The Hall–Kier alpha value is -1.08. The predicted molar refractivity (Wildman–Crippen MR) is 75.2 cm³/mol. The van der Waals surface area contributed by atoms with Crippen molar-refractivity contribution in [3.05, 3.63) is 4.88 Å². The molecule has 1 rings (SSSR count). The SMILES string of the molecule is CCC(=O)c1sc(NC(C)C)c(S(C)(=O)=O)c1N. The fraction of sp³-hybridized carbons (Fsp3) is 0.545. The Morgan fingerprint density at radius 1 is 1.44 bits per heavy atom. The molecule has 0 saturated carbocycles. The molecular weight excluding hydrogens is 272 g/mol. The normalized spacial score (nSPS) is 11.8. The summed E-state index contributed by atoms with van der Waals surface area (Å²) in [5.41, 5.74) is 5.88. The van der Waals surface area contributed by atoms with Crippen molar-refractivity contribution in [3.63, 3.8) is 0 Å². The molecule has 0 fully saturated rings. The van der Waals surface area contributed by atoms with E-state index in [1.165, 1.54) is 0 Å². The number of hydrogen-bond donors (Lipinski definition) is 2. The third-order valence-corrected chi connectivity index (χ3v) is 4.74. The highest BCUT2D eigenvalue weighted by molar-refractivity contribution is 7.91. The number of carbonyl (C=O) groups excluding carboxylic acids is 1. The van der Waals surface area contributed by atoms with Crippen molar-refractivity contribution in [3.8, 4) is 0 Å². The largest absolute Gasteiger partial charge is 0.396 e. The third kappa shape index (κ3) is 3.02.